The predicted molar refractivity (Wildman–Crippen MR) is 59.2 cm³/mol. The average molecular weight is 214 g/mol. The van der Waals surface area contributed by atoms with E-state index in [4.69, 9.17) is 5.11 Å². The van der Waals surface area contributed by atoms with E-state index in [0.717, 1.165) is 11.3 Å². The molecule has 4 heteroatoms. The maximum absolute atomic E-state index is 11.0. The second-order valence-electron chi connectivity index (χ2n) is 3.41. The quantitative estimate of drug-likeness (QED) is 0.831. The molecule has 0 aliphatic heterocycles. The Morgan fingerprint density at radius 1 is 1.25 bits per heavy atom. The van der Waals surface area contributed by atoms with Crippen LogP contribution in [-0.4, -0.2) is 21.0 Å². The molecular weight excluding hydrogens is 204 g/mol. The SMILES string of the molecule is Cc1ccc(-c2cnccc2C(=O)O)cn1. The van der Waals surface area contributed by atoms with Gasteiger partial charge in [-0.2, -0.15) is 0 Å². The molecule has 0 radical (unpaired) electrons. The number of carboxylic acid groups (broad SMARTS) is 1. The standard InChI is InChI=1S/C12H10N2O2/c1-8-2-3-9(6-14-8)11-7-13-5-4-10(11)12(15)16/h2-7H,1H3,(H,15,16). The van der Waals surface area contributed by atoms with Crippen molar-refractivity contribution < 1.29 is 9.90 Å². The summed E-state index contributed by atoms with van der Waals surface area (Å²) < 4.78 is 0. The van der Waals surface area contributed by atoms with E-state index >= 15 is 0 Å². The van der Waals surface area contributed by atoms with Crippen LogP contribution in [0.15, 0.2) is 36.8 Å². The van der Waals surface area contributed by atoms with Gasteiger partial charge in [-0.05, 0) is 19.1 Å². The van der Waals surface area contributed by atoms with E-state index in [-0.39, 0.29) is 5.56 Å². The van der Waals surface area contributed by atoms with Crippen LogP contribution in [0.3, 0.4) is 0 Å². The van der Waals surface area contributed by atoms with Crippen LogP contribution in [0.4, 0.5) is 0 Å². The largest absolute Gasteiger partial charge is 0.478 e. The van der Waals surface area contributed by atoms with Crippen molar-refractivity contribution in [1.29, 1.82) is 0 Å². The van der Waals surface area contributed by atoms with Gasteiger partial charge in [0.1, 0.15) is 0 Å². The molecule has 0 saturated carbocycles. The maximum Gasteiger partial charge on any atom is 0.336 e. The molecule has 4 nitrogen and oxygen atoms in total. The Balaban J connectivity index is 2.55. The zero-order chi connectivity index (χ0) is 11.5. The number of pyridine rings is 2. The number of hydrogen-bond acceptors (Lipinski definition) is 3. The van der Waals surface area contributed by atoms with Crippen LogP contribution in [0.5, 0.6) is 0 Å². The first kappa shape index (κ1) is 10.3. The molecule has 0 aliphatic rings. The van der Waals surface area contributed by atoms with Gasteiger partial charge in [-0.15, -0.1) is 0 Å². The summed E-state index contributed by atoms with van der Waals surface area (Å²) in [6.07, 6.45) is 4.66. The molecule has 2 rings (SSSR count). The van der Waals surface area contributed by atoms with E-state index in [1.807, 2.05) is 19.1 Å². The lowest BCUT2D eigenvalue weighted by atomic mass is 10.0. The number of aromatic nitrogens is 2. The molecule has 0 unspecified atom stereocenters. The summed E-state index contributed by atoms with van der Waals surface area (Å²) in [5, 5.41) is 9.03. The van der Waals surface area contributed by atoms with E-state index in [1.165, 1.54) is 18.5 Å². The maximum atomic E-state index is 11.0. The van der Waals surface area contributed by atoms with Crippen molar-refractivity contribution in [3.8, 4) is 11.1 Å². The fourth-order valence-corrected chi connectivity index (χ4v) is 1.44. The summed E-state index contributed by atoms with van der Waals surface area (Å²) >= 11 is 0. The van der Waals surface area contributed by atoms with Crippen LogP contribution < -0.4 is 0 Å². The Kier molecular flexibility index (Phi) is 2.64. The Hall–Kier alpha value is -2.23. The van der Waals surface area contributed by atoms with Crippen molar-refractivity contribution in [1.82, 2.24) is 9.97 Å². The third-order valence-electron chi connectivity index (χ3n) is 2.27. The van der Waals surface area contributed by atoms with E-state index < -0.39 is 5.97 Å². The van der Waals surface area contributed by atoms with Gasteiger partial charge in [-0.25, -0.2) is 4.79 Å². The van der Waals surface area contributed by atoms with E-state index in [2.05, 4.69) is 9.97 Å². The van der Waals surface area contributed by atoms with Crippen LogP contribution in [0, 0.1) is 6.92 Å². The van der Waals surface area contributed by atoms with Gasteiger partial charge >= 0.3 is 5.97 Å². The molecule has 0 atom stereocenters. The second kappa shape index (κ2) is 4.10. The van der Waals surface area contributed by atoms with Crippen LogP contribution >= 0.6 is 0 Å². The molecule has 16 heavy (non-hydrogen) atoms. The van der Waals surface area contributed by atoms with Crippen molar-refractivity contribution >= 4 is 5.97 Å². The summed E-state index contributed by atoms with van der Waals surface area (Å²) in [4.78, 5) is 19.1. The average Bonchev–Trinajstić information content (AvgIpc) is 2.30. The number of rotatable bonds is 2. The highest BCUT2D eigenvalue weighted by Gasteiger charge is 2.11. The number of nitrogens with zero attached hydrogens (tertiary/aromatic N) is 2. The fraction of sp³-hybridized carbons (Fsp3) is 0.0833. The molecule has 0 spiro atoms. The Bertz CT molecular complexity index is 521. The van der Waals surface area contributed by atoms with Crippen molar-refractivity contribution in [2.75, 3.05) is 0 Å². The summed E-state index contributed by atoms with van der Waals surface area (Å²) in [7, 11) is 0. The van der Waals surface area contributed by atoms with Crippen molar-refractivity contribution in [2.45, 2.75) is 6.92 Å². The lowest BCUT2D eigenvalue weighted by Gasteiger charge is -2.04. The van der Waals surface area contributed by atoms with Gasteiger partial charge in [-0.1, -0.05) is 6.07 Å². The Morgan fingerprint density at radius 2 is 2.06 bits per heavy atom. The minimum absolute atomic E-state index is 0.237. The van der Waals surface area contributed by atoms with E-state index in [1.54, 1.807) is 6.20 Å². The van der Waals surface area contributed by atoms with E-state index in [9.17, 15) is 4.79 Å². The third kappa shape index (κ3) is 1.91. The van der Waals surface area contributed by atoms with Gasteiger partial charge in [-0.3, -0.25) is 9.97 Å². The molecule has 0 amide bonds. The van der Waals surface area contributed by atoms with Gasteiger partial charge in [0.25, 0.3) is 0 Å². The molecule has 1 N–H and O–H groups in total. The lowest BCUT2D eigenvalue weighted by Crippen LogP contribution is -2.00. The molecule has 0 aromatic carbocycles. The van der Waals surface area contributed by atoms with Gasteiger partial charge in [0.05, 0.1) is 5.56 Å². The summed E-state index contributed by atoms with van der Waals surface area (Å²) in [5.74, 6) is -0.960. The van der Waals surface area contributed by atoms with Gasteiger partial charge in [0.15, 0.2) is 0 Å². The molecule has 2 aromatic rings. The number of carbonyl (C=O) groups is 1. The lowest BCUT2D eigenvalue weighted by molar-refractivity contribution is 0.0697. The fourth-order valence-electron chi connectivity index (χ4n) is 1.44. The van der Waals surface area contributed by atoms with Crippen LogP contribution in [0.25, 0.3) is 11.1 Å². The minimum atomic E-state index is -0.960. The first-order valence-electron chi connectivity index (χ1n) is 4.79. The second-order valence-corrected chi connectivity index (χ2v) is 3.41. The first-order valence-corrected chi connectivity index (χ1v) is 4.79. The van der Waals surface area contributed by atoms with Gasteiger partial charge < -0.3 is 5.11 Å². The van der Waals surface area contributed by atoms with Gasteiger partial charge in [0, 0.05) is 35.4 Å². The van der Waals surface area contributed by atoms with Crippen LogP contribution in [0.1, 0.15) is 16.1 Å². The van der Waals surface area contributed by atoms with Crippen molar-refractivity contribution in [2.24, 2.45) is 0 Å². The molecule has 80 valence electrons. The molecule has 0 saturated heterocycles. The molecule has 0 bridgehead atoms. The predicted octanol–water partition coefficient (Wildman–Crippen LogP) is 2.15. The highest BCUT2D eigenvalue weighted by atomic mass is 16.4. The first-order chi connectivity index (χ1) is 7.68. The number of aromatic carboxylic acids is 1. The highest BCUT2D eigenvalue weighted by molar-refractivity contribution is 5.95. The molecule has 2 heterocycles. The smallest absolute Gasteiger partial charge is 0.336 e. The molecule has 0 aliphatic carbocycles. The van der Waals surface area contributed by atoms with Crippen molar-refractivity contribution in [3.05, 3.63) is 48.0 Å². The zero-order valence-electron chi connectivity index (χ0n) is 8.71. The Morgan fingerprint density at radius 3 is 2.69 bits per heavy atom. The molecule has 2 aromatic heterocycles. The summed E-state index contributed by atoms with van der Waals surface area (Å²) in [6.45, 7) is 1.88. The van der Waals surface area contributed by atoms with Crippen molar-refractivity contribution in [3.63, 3.8) is 0 Å². The van der Waals surface area contributed by atoms with Gasteiger partial charge in [0.2, 0.25) is 0 Å². The molecule has 0 fully saturated rings. The topological polar surface area (TPSA) is 63.1 Å². The normalized spacial score (nSPS) is 10.1. The zero-order valence-corrected chi connectivity index (χ0v) is 8.71. The highest BCUT2D eigenvalue weighted by Crippen LogP contribution is 2.21. The number of hydrogen-bond donors (Lipinski definition) is 1. The summed E-state index contributed by atoms with van der Waals surface area (Å²) in [6, 6.07) is 5.16. The Labute approximate surface area is 92.6 Å². The summed E-state index contributed by atoms with van der Waals surface area (Å²) in [5.41, 5.74) is 2.48. The van der Waals surface area contributed by atoms with E-state index in [0.29, 0.717) is 5.56 Å². The van der Waals surface area contributed by atoms with Crippen LogP contribution in [0.2, 0.25) is 0 Å². The molecular formula is C12H10N2O2. The minimum Gasteiger partial charge on any atom is -0.478 e. The van der Waals surface area contributed by atoms with Crippen LogP contribution in [-0.2, 0) is 0 Å². The monoisotopic (exact) mass is 214 g/mol. The number of aryl methyl sites for hydroxylation is 1. The third-order valence-corrected chi connectivity index (χ3v) is 2.27. The number of carboxylic acids is 1.